The molecule has 2 saturated heterocycles. The van der Waals surface area contributed by atoms with Crippen molar-refractivity contribution >= 4 is 0 Å². The third-order valence-electron chi connectivity index (χ3n) is 6.24. The summed E-state index contributed by atoms with van der Waals surface area (Å²) >= 11 is 0. The lowest BCUT2D eigenvalue weighted by molar-refractivity contribution is 0.0352. The van der Waals surface area contributed by atoms with Gasteiger partial charge in [0, 0.05) is 44.8 Å². The number of benzene rings is 1. The van der Waals surface area contributed by atoms with Crippen LogP contribution in [0.15, 0.2) is 24.3 Å². The minimum absolute atomic E-state index is 0.0489. The van der Waals surface area contributed by atoms with Crippen molar-refractivity contribution in [2.24, 2.45) is 5.73 Å². The van der Waals surface area contributed by atoms with Crippen LogP contribution in [0.4, 0.5) is 0 Å². The van der Waals surface area contributed by atoms with Crippen LogP contribution in [0, 0.1) is 0 Å². The van der Waals surface area contributed by atoms with Crippen molar-refractivity contribution < 1.29 is 9.47 Å². The molecule has 144 valence electrons. The highest BCUT2D eigenvalue weighted by molar-refractivity contribution is 5.29. The molecule has 1 aromatic rings. The summed E-state index contributed by atoms with van der Waals surface area (Å²) in [6.45, 7) is 6.87. The third kappa shape index (κ3) is 4.58. The summed E-state index contributed by atoms with van der Waals surface area (Å²) in [7, 11) is 0. The lowest BCUT2D eigenvalue weighted by Gasteiger charge is -2.41. The quantitative estimate of drug-likeness (QED) is 0.845. The van der Waals surface area contributed by atoms with Crippen LogP contribution in [0.3, 0.4) is 0 Å². The highest BCUT2D eigenvalue weighted by Crippen LogP contribution is 2.28. The number of likely N-dealkylation sites (tertiary alicyclic amines) is 1. The van der Waals surface area contributed by atoms with Crippen LogP contribution >= 0.6 is 0 Å². The van der Waals surface area contributed by atoms with E-state index in [4.69, 9.17) is 15.2 Å². The van der Waals surface area contributed by atoms with E-state index in [1.165, 1.54) is 37.9 Å². The van der Waals surface area contributed by atoms with Crippen molar-refractivity contribution in [3.8, 4) is 5.75 Å². The van der Waals surface area contributed by atoms with E-state index in [0.717, 1.165) is 57.5 Å². The Bertz CT molecular complexity index is 547. The average molecular weight is 360 g/mol. The minimum Gasteiger partial charge on any atom is -0.490 e. The van der Waals surface area contributed by atoms with Gasteiger partial charge < -0.3 is 20.1 Å². The maximum absolute atomic E-state index is 6.39. The fraction of sp³-hybridized carbons (Fsp3) is 0.714. The van der Waals surface area contributed by atoms with Gasteiger partial charge >= 0.3 is 0 Å². The molecule has 1 saturated carbocycles. The second kappa shape index (κ2) is 8.70. The SMILES string of the molecule is NC(CN1CCOCC1)c1ccc(OC2CCN(C3CCC3)CC2)cc1. The summed E-state index contributed by atoms with van der Waals surface area (Å²) in [5, 5.41) is 0. The van der Waals surface area contributed by atoms with Gasteiger partial charge in [-0.15, -0.1) is 0 Å². The zero-order valence-electron chi connectivity index (χ0n) is 15.8. The Balaban J connectivity index is 1.23. The van der Waals surface area contributed by atoms with Crippen molar-refractivity contribution in [1.29, 1.82) is 0 Å². The third-order valence-corrected chi connectivity index (χ3v) is 6.24. The molecule has 3 aliphatic rings. The molecule has 1 atom stereocenters. The number of ether oxygens (including phenoxy) is 2. The van der Waals surface area contributed by atoms with E-state index in [1.54, 1.807) is 0 Å². The molecule has 2 heterocycles. The Morgan fingerprint density at radius 2 is 1.69 bits per heavy atom. The molecule has 5 nitrogen and oxygen atoms in total. The molecule has 0 radical (unpaired) electrons. The predicted molar refractivity (Wildman–Crippen MR) is 103 cm³/mol. The summed E-state index contributed by atoms with van der Waals surface area (Å²) in [4.78, 5) is 5.05. The first-order valence-electron chi connectivity index (χ1n) is 10.3. The first kappa shape index (κ1) is 18.2. The molecular formula is C21H33N3O2. The normalized spacial score (nSPS) is 25.0. The molecule has 5 heteroatoms. The van der Waals surface area contributed by atoms with Gasteiger partial charge in [-0.05, 0) is 43.4 Å². The Morgan fingerprint density at radius 3 is 2.31 bits per heavy atom. The maximum Gasteiger partial charge on any atom is 0.119 e. The van der Waals surface area contributed by atoms with Crippen molar-refractivity contribution in [2.75, 3.05) is 45.9 Å². The van der Waals surface area contributed by atoms with Crippen LogP contribution < -0.4 is 10.5 Å². The molecule has 0 aromatic heterocycles. The Labute approximate surface area is 157 Å². The fourth-order valence-electron chi connectivity index (χ4n) is 4.26. The Morgan fingerprint density at radius 1 is 1.00 bits per heavy atom. The van der Waals surface area contributed by atoms with Gasteiger partial charge in [-0.1, -0.05) is 18.6 Å². The van der Waals surface area contributed by atoms with E-state index in [9.17, 15) is 0 Å². The van der Waals surface area contributed by atoms with E-state index < -0.39 is 0 Å². The van der Waals surface area contributed by atoms with Crippen LogP contribution in [-0.4, -0.2) is 67.9 Å². The first-order chi connectivity index (χ1) is 12.8. The highest BCUT2D eigenvalue weighted by Gasteiger charge is 2.29. The van der Waals surface area contributed by atoms with Crippen LogP contribution in [0.1, 0.15) is 43.7 Å². The smallest absolute Gasteiger partial charge is 0.119 e. The molecule has 26 heavy (non-hydrogen) atoms. The summed E-state index contributed by atoms with van der Waals surface area (Å²) < 4.78 is 11.6. The minimum atomic E-state index is 0.0489. The van der Waals surface area contributed by atoms with E-state index >= 15 is 0 Å². The van der Waals surface area contributed by atoms with Crippen LogP contribution in [0.5, 0.6) is 5.75 Å². The van der Waals surface area contributed by atoms with Crippen molar-refractivity contribution in [2.45, 2.75) is 50.3 Å². The summed E-state index contributed by atoms with van der Waals surface area (Å²) in [5.41, 5.74) is 7.58. The number of nitrogens with two attached hydrogens (primary N) is 1. The topological polar surface area (TPSA) is 51.0 Å². The van der Waals surface area contributed by atoms with Crippen molar-refractivity contribution in [3.63, 3.8) is 0 Å². The van der Waals surface area contributed by atoms with Gasteiger partial charge in [0.1, 0.15) is 11.9 Å². The number of morpholine rings is 1. The second-order valence-corrected chi connectivity index (χ2v) is 8.03. The molecule has 4 rings (SSSR count). The van der Waals surface area contributed by atoms with E-state index in [-0.39, 0.29) is 6.04 Å². The van der Waals surface area contributed by atoms with Gasteiger partial charge in [-0.3, -0.25) is 4.90 Å². The molecule has 0 spiro atoms. The maximum atomic E-state index is 6.39. The van der Waals surface area contributed by atoms with E-state index in [0.29, 0.717) is 6.10 Å². The van der Waals surface area contributed by atoms with Crippen LogP contribution in [0.2, 0.25) is 0 Å². The molecule has 3 fully saturated rings. The van der Waals surface area contributed by atoms with Gasteiger partial charge in [-0.25, -0.2) is 0 Å². The first-order valence-corrected chi connectivity index (χ1v) is 10.3. The van der Waals surface area contributed by atoms with E-state index in [1.807, 2.05) is 0 Å². The number of rotatable bonds is 6. The van der Waals surface area contributed by atoms with Gasteiger partial charge in [-0.2, -0.15) is 0 Å². The molecule has 0 bridgehead atoms. The van der Waals surface area contributed by atoms with Gasteiger partial charge in [0.05, 0.1) is 13.2 Å². The Kier molecular flexibility index (Phi) is 6.10. The predicted octanol–water partition coefficient (Wildman–Crippen LogP) is 2.41. The fourth-order valence-corrected chi connectivity index (χ4v) is 4.26. The zero-order valence-corrected chi connectivity index (χ0v) is 15.8. The molecule has 0 amide bonds. The molecule has 1 unspecified atom stereocenters. The lowest BCUT2D eigenvalue weighted by atomic mass is 9.90. The summed E-state index contributed by atoms with van der Waals surface area (Å²) in [6.07, 6.45) is 6.87. The standard InChI is InChI=1S/C21H33N3O2/c22-21(16-23-12-14-25-15-13-23)17-4-6-19(7-5-17)26-20-8-10-24(11-9-20)18-2-1-3-18/h4-7,18,20-21H,1-3,8-16,22H2. The van der Waals surface area contributed by atoms with Crippen molar-refractivity contribution in [1.82, 2.24) is 9.80 Å². The van der Waals surface area contributed by atoms with E-state index in [2.05, 4.69) is 34.1 Å². The van der Waals surface area contributed by atoms with Crippen molar-refractivity contribution in [3.05, 3.63) is 29.8 Å². The number of piperidine rings is 1. The molecule has 1 aliphatic carbocycles. The van der Waals surface area contributed by atoms with Crippen LogP contribution in [0.25, 0.3) is 0 Å². The second-order valence-electron chi connectivity index (χ2n) is 8.03. The molecule has 2 N–H and O–H groups in total. The summed E-state index contributed by atoms with van der Waals surface area (Å²) in [5.74, 6) is 0.981. The monoisotopic (exact) mass is 359 g/mol. The highest BCUT2D eigenvalue weighted by atomic mass is 16.5. The lowest BCUT2D eigenvalue weighted by Crippen LogP contribution is -2.46. The number of hydrogen-bond donors (Lipinski definition) is 1. The zero-order chi connectivity index (χ0) is 17.8. The van der Waals surface area contributed by atoms with Crippen LogP contribution in [-0.2, 0) is 4.74 Å². The molecular weight excluding hydrogens is 326 g/mol. The summed E-state index contributed by atoms with van der Waals surface area (Å²) in [6, 6.07) is 9.35. The average Bonchev–Trinajstić information content (AvgIpc) is 2.63. The van der Waals surface area contributed by atoms with Gasteiger partial charge in [0.25, 0.3) is 0 Å². The van der Waals surface area contributed by atoms with Gasteiger partial charge in [0.2, 0.25) is 0 Å². The molecule has 2 aliphatic heterocycles. The van der Waals surface area contributed by atoms with Gasteiger partial charge in [0.15, 0.2) is 0 Å². The number of hydrogen-bond acceptors (Lipinski definition) is 5. The molecule has 1 aromatic carbocycles. The largest absolute Gasteiger partial charge is 0.490 e. The number of nitrogens with zero attached hydrogens (tertiary/aromatic N) is 2. The Hall–Kier alpha value is -1.14.